The molecule has 2 saturated heterocycles. The maximum Gasteiger partial charge on any atom is 0.254 e. The Labute approximate surface area is 160 Å². The predicted molar refractivity (Wildman–Crippen MR) is 102 cm³/mol. The van der Waals surface area contributed by atoms with Crippen LogP contribution >= 0.6 is 0 Å². The average Bonchev–Trinajstić information content (AvgIpc) is 2.73. The fraction of sp³-hybridized carbons (Fsp3) is 0.600. The van der Waals surface area contributed by atoms with Gasteiger partial charge in [-0.15, -0.1) is 0 Å². The first-order valence-electron chi connectivity index (χ1n) is 9.52. The number of rotatable bonds is 5. The number of amides is 2. The van der Waals surface area contributed by atoms with Crippen molar-refractivity contribution >= 4 is 11.8 Å². The third kappa shape index (κ3) is 4.25. The van der Waals surface area contributed by atoms with E-state index in [1.165, 1.54) is 0 Å². The minimum Gasteiger partial charge on any atom is -0.497 e. The number of methoxy groups -OCH3 is 2. The first-order chi connectivity index (χ1) is 13.1. The van der Waals surface area contributed by atoms with E-state index in [1.54, 1.807) is 26.4 Å². The van der Waals surface area contributed by atoms with Gasteiger partial charge in [-0.05, 0) is 44.1 Å². The highest BCUT2D eigenvalue weighted by molar-refractivity contribution is 5.95. The largest absolute Gasteiger partial charge is 0.497 e. The summed E-state index contributed by atoms with van der Waals surface area (Å²) in [5.41, 5.74) is 0.183. The summed E-state index contributed by atoms with van der Waals surface area (Å²) >= 11 is 0. The minimum absolute atomic E-state index is 0.0190. The highest BCUT2D eigenvalue weighted by atomic mass is 16.5. The molecule has 27 heavy (non-hydrogen) atoms. The van der Waals surface area contributed by atoms with Crippen molar-refractivity contribution in [3.05, 3.63) is 29.8 Å². The van der Waals surface area contributed by atoms with Crippen molar-refractivity contribution < 1.29 is 19.1 Å². The predicted octanol–water partition coefficient (Wildman–Crippen LogP) is 0.996. The molecule has 7 nitrogen and oxygen atoms in total. The molecule has 1 N–H and O–H groups in total. The Hall–Kier alpha value is -2.12. The van der Waals surface area contributed by atoms with Crippen LogP contribution < -0.4 is 10.1 Å². The number of hydrogen-bond acceptors (Lipinski definition) is 5. The van der Waals surface area contributed by atoms with E-state index in [4.69, 9.17) is 9.47 Å². The zero-order chi connectivity index (χ0) is 19.3. The molecule has 0 saturated carbocycles. The molecular weight excluding hydrogens is 346 g/mol. The quantitative estimate of drug-likeness (QED) is 0.831. The van der Waals surface area contributed by atoms with Gasteiger partial charge in [-0.2, -0.15) is 0 Å². The van der Waals surface area contributed by atoms with Crippen LogP contribution in [0, 0.1) is 5.41 Å². The van der Waals surface area contributed by atoms with Gasteiger partial charge in [-0.1, -0.05) is 6.07 Å². The van der Waals surface area contributed by atoms with Gasteiger partial charge >= 0.3 is 0 Å². The van der Waals surface area contributed by atoms with Gasteiger partial charge in [0.1, 0.15) is 5.75 Å². The van der Waals surface area contributed by atoms with Crippen molar-refractivity contribution in [1.29, 1.82) is 0 Å². The molecule has 148 valence electrons. The number of nitrogens with one attached hydrogen (secondary N) is 1. The van der Waals surface area contributed by atoms with E-state index >= 15 is 0 Å². The molecule has 0 spiro atoms. The zero-order valence-corrected chi connectivity index (χ0v) is 16.2. The number of piperidine rings is 1. The SMILES string of the molecule is COCC1(C(=O)N2CCN(C(=O)c3cccc(OC)c3)CC2)CCNCC1. The normalized spacial score (nSPS) is 19.6. The van der Waals surface area contributed by atoms with Crippen LogP contribution in [-0.4, -0.2) is 81.7 Å². The maximum atomic E-state index is 13.2. The van der Waals surface area contributed by atoms with Gasteiger partial charge in [-0.25, -0.2) is 0 Å². The molecule has 0 atom stereocenters. The lowest BCUT2D eigenvalue weighted by atomic mass is 9.78. The summed E-state index contributed by atoms with van der Waals surface area (Å²) < 4.78 is 10.6. The molecule has 0 radical (unpaired) electrons. The number of ether oxygens (including phenoxy) is 2. The lowest BCUT2D eigenvalue weighted by Gasteiger charge is -2.42. The molecule has 2 aliphatic heterocycles. The van der Waals surface area contributed by atoms with Crippen molar-refractivity contribution in [1.82, 2.24) is 15.1 Å². The second-order valence-electron chi connectivity index (χ2n) is 7.28. The monoisotopic (exact) mass is 375 g/mol. The number of piperazine rings is 1. The van der Waals surface area contributed by atoms with E-state index in [1.807, 2.05) is 21.9 Å². The van der Waals surface area contributed by atoms with E-state index in [0.717, 1.165) is 25.9 Å². The molecule has 2 aliphatic rings. The Morgan fingerprint density at radius 1 is 1.07 bits per heavy atom. The van der Waals surface area contributed by atoms with Gasteiger partial charge in [0.2, 0.25) is 5.91 Å². The van der Waals surface area contributed by atoms with Crippen LogP contribution in [-0.2, 0) is 9.53 Å². The molecule has 2 fully saturated rings. The molecule has 1 aromatic carbocycles. The van der Waals surface area contributed by atoms with Crippen molar-refractivity contribution in [2.24, 2.45) is 5.41 Å². The fourth-order valence-corrected chi connectivity index (χ4v) is 3.99. The number of carbonyl (C=O) groups is 2. The average molecular weight is 375 g/mol. The van der Waals surface area contributed by atoms with Crippen LogP contribution in [0.15, 0.2) is 24.3 Å². The van der Waals surface area contributed by atoms with Gasteiger partial charge in [0, 0.05) is 38.9 Å². The van der Waals surface area contributed by atoms with Crippen LogP contribution in [0.25, 0.3) is 0 Å². The molecule has 2 amide bonds. The van der Waals surface area contributed by atoms with Gasteiger partial charge in [0.25, 0.3) is 5.91 Å². The van der Waals surface area contributed by atoms with Crippen LogP contribution in [0.5, 0.6) is 5.75 Å². The second-order valence-corrected chi connectivity index (χ2v) is 7.28. The molecular formula is C20H29N3O4. The lowest BCUT2D eigenvalue weighted by molar-refractivity contribution is -0.149. The third-order valence-corrected chi connectivity index (χ3v) is 5.61. The van der Waals surface area contributed by atoms with E-state index in [9.17, 15) is 9.59 Å². The molecule has 0 aliphatic carbocycles. The smallest absolute Gasteiger partial charge is 0.254 e. The van der Waals surface area contributed by atoms with Gasteiger partial charge in [0.05, 0.1) is 19.1 Å². The molecule has 0 bridgehead atoms. The van der Waals surface area contributed by atoms with Crippen molar-refractivity contribution in [3.8, 4) is 5.75 Å². The third-order valence-electron chi connectivity index (χ3n) is 5.61. The number of carbonyl (C=O) groups excluding carboxylic acids is 2. The molecule has 2 heterocycles. The highest BCUT2D eigenvalue weighted by Gasteiger charge is 2.43. The van der Waals surface area contributed by atoms with E-state index in [-0.39, 0.29) is 11.8 Å². The van der Waals surface area contributed by atoms with Gasteiger partial charge in [0.15, 0.2) is 0 Å². The summed E-state index contributed by atoms with van der Waals surface area (Å²) in [6.45, 7) is 4.34. The molecule has 1 aromatic rings. The number of hydrogen-bond donors (Lipinski definition) is 1. The minimum atomic E-state index is -0.432. The van der Waals surface area contributed by atoms with E-state index < -0.39 is 5.41 Å². The summed E-state index contributed by atoms with van der Waals surface area (Å²) in [5, 5.41) is 3.32. The summed E-state index contributed by atoms with van der Waals surface area (Å²) in [6.07, 6.45) is 1.59. The van der Waals surface area contributed by atoms with Gasteiger partial charge < -0.3 is 24.6 Å². The Balaban J connectivity index is 1.62. The summed E-state index contributed by atoms with van der Waals surface area (Å²) in [4.78, 5) is 29.7. The Bertz CT molecular complexity index is 659. The molecule has 0 unspecified atom stereocenters. The molecule has 0 aromatic heterocycles. The maximum absolute atomic E-state index is 13.2. The Morgan fingerprint density at radius 3 is 2.37 bits per heavy atom. The highest BCUT2D eigenvalue weighted by Crippen LogP contribution is 2.32. The summed E-state index contributed by atoms with van der Waals surface area (Å²) in [6, 6.07) is 7.19. The van der Waals surface area contributed by atoms with Crippen molar-refractivity contribution in [2.75, 3.05) is 60.1 Å². The topological polar surface area (TPSA) is 71.1 Å². The molecule has 7 heteroatoms. The first-order valence-corrected chi connectivity index (χ1v) is 9.52. The number of benzene rings is 1. The standard InChI is InChI=1S/C20H29N3O4/c1-26-15-20(6-8-21-9-7-20)19(25)23-12-10-22(11-13-23)18(24)16-4-3-5-17(14-16)27-2/h3-5,14,21H,6-13,15H2,1-2H3. The molecule has 3 rings (SSSR count). The van der Waals surface area contributed by atoms with Crippen LogP contribution in [0.4, 0.5) is 0 Å². The first kappa shape index (κ1) is 19.6. The fourth-order valence-electron chi connectivity index (χ4n) is 3.99. The van der Waals surface area contributed by atoms with Crippen molar-refractivity contribution in [3.63, 3.8) is 0 Å². The van der Waals surface area contributed by atoms with Crippen LogP contribution in [0.3, 0.4) is 0 Å². The van der Waals surface area contributed by atoms with E-state index in [0.29, 0.717) is 44.1 Å². The Morgan fingerprint density at radius 2 is 1.74 bits per heavy atom. The summed E-state index contributed by atoms with van der Waals surface area (Å²) in [7, 11) is 3.24. The van der Waals surface area contributed by atoms with Crippen LogP contribution in [0.2, 0.25) is 0 Å². The zero-order valence-electron chi connectivity index (χ0n) is 16.2. The second kappa shape index (κ2) is 8.71. The van der Waals surface area contributed by atoms with E-state index in [2.05, 4.69) is 5.32 Å². The number of nitrogens with zero attached hydrogens (tertiary/aromatic N) is 2. The summed E-state index contributed by atoms with van der Waals surface area (Å²) in [5.74, 6) is 0.816. The van der Waals surface area contributed by atoms with Gasteiger partial charge in [-0.3, -0.25) is 9.59 Å². The van der Waals surface area contributed by atoms with Crippen molar-refractivity contribution in [2.45, 2.75) is 12.8 Å². The van der Waals surface area contributed by atoms with Crippen LogP contribution in [0.1, 0.15) is 23.2 Å². The lowest BCUT2D eigenvalue weighted by Crippen LogP contribution is -2.57. The Kier molecular flexibility index (Phi) is 6.34.